The molecule has 160 valence electrons. The van der Waals surface area contributed by atoms with E-state index in [-0.39, 0.29) is 22.9 Å². The molecule has 0 spiro atoms. The van der Waals surface area contributed by atoms with Gasteiger partial charge in [-0.05, 0) is 55.2 Å². The molecule has 1 aliphatic heterocycles. The summed E-state index contributed by atoms with van der Waals surface area (Å²) in [7, 11) is 1.58. The first kappa shape index (κ1) is 21.1. The molecule has 1 aliphatic rings. The third-order valence-electron chi connectivity index (χ3n) is 5.16. The van der Waals surface area contributed by atoms with Gasteiger partial charge in [0.05, 0.1) is 18.8 Å². The summed E-state index contributed by atoms with van der Waals surface area (Å²) in [5.74, 6) is 1.08. The van der Waals surface area contributed by atoms with Gasteiger partial charge in [-0.15, -0.1) is 0 Å². The predicted octanol–water partition coefficient (Wildman–Crippen LogP) is 3.74. The second kappa shape index (κ2) is 8.91. The fraction of sp³-hybridized carbons (Fsp3) is 0.261. The van der Waals surface area contributed by atoms with E-state index in [1.165, 1.54) is 27.6 Å². The number of rotatable bonds is 5. The maximum absolute atomic E-state index is 12.9. The second-order valence-electron chi connectivity index (χ2n) is 7.54. The normalized spacial score (nSPS) is 15.9. The number of hydroxylamine groups is 1. The number of aliphatic imine (C=N–C) groups is 1. The number of halogens is 1. The maximum Gasteiger partial charge on any atom is 0.281 e. The van der Waals surface area contributed by atoms with Crippen LogP contribution >= 0.6 is 11.6 Å². The summed E-state index contributed by atoms with van der Waals surface area (Å²) >= 11 is 6.06. The Morgan fingerprint density at radius 2 is 2.06 bits per heavy atom. The van der Waals surface area contributed by atoms with Crippen LogP contribution in [0.5, 0.6) is 11.5 Å². The molecule has 2 aromatic carbocycles. The molecule has 0 saturated heterocycles. The van der Waals surface area contributed by atoms with Crippen molar-refractivity contribution >= 4 is 17.4 Å². The van der Waals surface area contributed by atoms with Gasteiger partial charge >= 0.3 is 0 Å². The molecule has 0 amide bonds. The van der Waals surface area contributed by atoms with Gasteiger partial charge in [-0.25, -0.2) is 10.2 Å². The number of aryl methyl sites for hydroxylation is 3. The van der Waals surface area contributed by atoms with E-state index in [1.807, 2.05) is 0 Å². The van der Waals surface area contributed by atoms with Gasteiger partial charge in [0.15, 0.2) is 11.6 Å². The largest absolute Gasteiger partial charge is 0.455 e. The zero-order chi connectivity index (χ0) is 22.0. The summed E-state index contributed by atoms with van der Waals surface area (Å²) < 4.78 is 7.16. The molecule has 0 radical (unpaired) electrons. The highest BCUT2D eigenvalue weighted by atomic mass is 35.5. The van der Waals surface area contributed by atoms with E-state index in [1.54, 1.807) is 31.3 Å². The summed E-state index contributed by atoms with van der Waals surface area (Å²) in [6, 6.07) is 13.1. The molecule has 0 aliphatic carbocycles. The van der Waals surface area contributed by atoms with E-state index in [2.05, 4.69) is 42.6 Å². The smallest absolute Gasteiger partial charge is 0.281 e. The van der Waals surface area contributed by atoms with Gasteiger partial charge < -0.3 is 4.74 Å². The third-order valence-corrected chi connectivity index (χ3v) is 5.40. The van der Waals surface area contributed by atoms with Gasteiger partial charge in [-0.1, -0.05) is 35.9 Å². The van der Waals surface area contributed by atoms with Crippen molar-refractivity contribution in [1.82, 2.24) is 15.3 Å². The lowest BCUT2D eigenvalue weighted by Crippen LogP contribution is -2.40. The molecular weight excluding hydrogens is 416 g/mol. The summed E-state index contributed by atoms with van der Waals surface area (Å²) in [5, 5.41) is 4.61. The molecule has 0 fully saturated rings. The van der Waals surface area contributed by atoms with Crippen LogP contribution in [0.4, 0.5) is 0 Å². The zero-order valence-corrected chi connectivity index (χ0v) is 18.3. The van der Waals surface area contributed by atoms with Crippen LogP contribution in [0.3, 0.4) is 0 Å². The van der Waals surface area contributed by atoms with Crippen LogP contribution in [0, 0.1) is 13.8 Å². The Morgan fingerprint density at radius 1 is 1.23 bits per heavy atom. The highest BCUT2D eigenvalue weighted by molar-refractivity contribution is 6.30. The van der Waals surface area contributed by atoms with Gasteiger partial charge in [0.2, 0.25) is 0 Å². The summed E-state index contributed by atoms with van der Waals surface area (Å²) in [6.45, 7) is 4.57. The number of nitrogens with one attached hydrogen (secondary N) is 1. The number of hydrogen-bond donors (Lipinski definition) is 1. The summed E-state index contributed by atoms with van der Waals surface area (Å²) in [6.07, 6.45) is 2.18. The molecular formula is C23H23ClN4O3. The lowest BCUT2D eigenvalue weighted by molar-refractivity contribution is 0.0622. The van der Waals surface area contributed by atoms with Crippen molar-refractivity contribution in [3.05, 3.63) is 86.3 Å². The molecule has 1 aromatic heterocycles. The Morgan fingerprint density at radius 3 is 2.84 bits per heavy atom. The fourth-order valence-corrected chi connectivity index (χ4v) is 3.53. The number of aromatic nitrogens is 2. The Labute approximate surface area is 185 Å². The highest BCUT2D eigenvalue weighted by Gasteiger charge is 2.24. The van der Waals surface area contributed by atoms with Crippen molar-refractivity contribution in [2.24, 2.45) is 12.0 Å². The predicted molar refractivity (Wildman–Crippen MR) is 120 cm³/mol. The van der Waals surface area contributed by atoms with E-state index in [0.717, 1.165) is 0 Å². The van der Waals surface area contributed by atoms with E-state index in [4.69, 9.17) is 26.2 Å². The Kier molecular flexibility index (Phi) is 6.06. The molecule has 1 atom stereocenters. The van der Waals surface area contributed by atoms with Gasteiger partial charge in [0.1, 0.15) is 11.3 Å². The number of nitrogens with zero attached hydrogens (tertiary/aromatic N) is 3. The molecule has 31 heavy (non-hydrogen) atoms. The number of amidine groups is 1. The maximum atomic E-state index is 12.9. The molecule has 0 saturated carbocycles. The Hall–Kier alpha value is -3.16. The van der Waals surface area contributed by atoms with Crippen LogP contribution in [0.2, 0.25) is 5.02 Å². The fourth-order valence-electron chi connectivity index (χ4n) is 3.35. The first-order chi connectivity index (χ1) is 14.9. The third kappa shape index (κ3) is 4.78. The first-order valence-corrected chi connectivity index (χ1v) is 10.3. The van der Waals surface area contributed by atoms with Gasteiger partial charge in [0.25, 0.3) is 5.56 Å². The van der Waals surface area contributed by atoms with Crippen molar-refractivity contribution in [2.75, 3.05) is 6.61 Å². The van der Waals surface area contributed by atoms with Gasteiger partial charge in [-0.3, -0.25) is 14.6 Å². The molecule has 0 bridgehead atoms. The van der Waals surface area contributed by atoms with Crippen molar-refractivity contribution < 1.29 is 9.57 Å². The first-order valence-electron chi connectivity index (χ1n) is 9.92. The van der Waals surface area contributed by atoms with Gasteiger partial charge in [-0.2, -0.15) is 5.10 Å². The standard InChI is InChI=1S/C23H23ClN4O3/c1-14-7-8-16(9-15(14)2)10-18-13-30-27-22(26-18)21-20(12-25-28(3)23(21)29)31-19-6-4-5-17(24)11-19/h4-9,11-12,18H,10,13H2,1-3H3,(H,26,27)/t18-/m1/s1. The van der Waals surface area contributed by atoms with Crippen molar-refractivity contribution in [1.29, 1.82) is 0 Å². The lowest BCUT2D eigenvalue weighted by atomic mass is 10.0. The zero-order valence-electron chi connectivity index (χ0n) is 17.6. The van der Waals surface area contributed by atoms with Gasteiger partial charge in [0, 0.05) is 12.1 Å². The number of ether oxygens (including phenoxy) is 1. The molecule has 1 N–H and O–H groups in total. The molecule has 2 heterocycles. The quantitative estimate of drug-likeness (QED) is 0.656. The highest BCUT2D eigenvalue weighted by Crippen LogP contribution is 2.26. The minimum absolute atomic E-state index is 0.143. The molecule has 3 aromatic rings. The number of hydrogen-bond acceptors (Lipinski definition) is 6. The molecule has 4 rings (SSSR count). The summed E-state index contributed by atoms with van der Waals surface area (Å²) in [4.78, 5) is 23.2. The average Bonchev–Trinajstić information content (AvgIpc) is 2.74. The molecule has 7 nitrogen and oxygen atoms in total. The second-order valence-corrected chi connectivity index (χ2v) is 7.98. The molecule has 0 unspecified atom stereocenters. The van der Waals surface area contributed by atoms with Crippen molar-refractivity contribution in [3.8, 4) is 11.5 Å². The van der Waals surface area contributed by atoms with Crippen LogP contribution < -0.4 is 15.8 Å². The van der Waals surface area contributed by atoms with Crippen LogP contribution in [0.25, 0.3) is 0 Å². The average molecular weight is 439 g/mol. The minimum atomic E-state index is -0.346. The van der Waals surface area contributed by atoms with E-state index >= 15 is 0 Å². The van der Waals surface area contributed by atoms with Crippen LogP contribution in [0.15, 0.2) is 58.4 Å². The van der Waals surface area contributed by atoms with Crippen molar-refractivity contribution in [3.63, 3.8) is 0 Å². The van der Waals surface area contributed by atoms with Crippen LogP contribution in [0.1, 0.15) is 22.3 Å². The van der Waals surface area contributed by atoms with E-state index in [9.17, 15) is 4.79 Å². The van der Waals surface area contributed by atoms with Crippen LogP contribution in [-0.2, 0) is 18.3 Å². The van der Waals surface area contributed by atoms with Crippen LogP contribution in [-0.4, -0.2) is 28.3 Å². The topological polar surface area (TPSA) is 77.7 Å². The number of benzene rings is 2. The molecule has 8 heteroatoms. The summed E-state index contributed by atoms with van der Waals surface area (Å²) in [5.41, 5.74) is 6.33. The van der Waals surface area contributed by atoms with E-state index < -0.39 is 0 Å². The van der Waals surface area contributed by atoms with E-state index in [0.29, 0.717) is 29.6 Å². The SMILES string of the molecule is Cc1ccc(C[C@@H]2CONC(c3c(Oc4cccc(Cl)c4)cnn(C)c3=O)=N2)cc1C. The van der Waals surface area contributed by atoms with Crippen molar-refractivity contribution in [2.45, 2.75) is 26.3 Å². The monoisotopic (exact) mass is 438 g/mol. The minimum Gasteiger partial charge on any atom is -0.455 e. The Balaban J connectivity index is 1.67. The Bertz CT molecular complexity index is 1210. The lowest BCUT2D eigenvalue weighted by Gasteiger charge is -2.23.